The van der Waals surface area contributed by atoms with Gasteiger partial charge in [0.25, 0.3) is 10.0 Å². The Kier molecular flexibility index (Phi) is 3.94. The minimum Gasteiger partial charge on any atom is -0.316 e. The monoisotopic (exact) mass is 339 g/mol. The van der Waals surface area contributed by atoms with Crippen LogP contribution in [0.2, 0.25) is 0 Å². The molecule has 0 atom stereocenters. The minimum absolute atomic E-state index is 0.317. The third-order valence-corrected chi connectivity index (χ3v) is 6.52. The van der Waals surface area contributed by atoms with Crippen LogP contribution in [0.15, 0.2) is 39.4 Å². The number of nitrogens with one attached hydrogen (secondary N) is 2. The number of thiophene rings is 1. The van der Waals surface area contributed by atoms with Crippen molar-refractivity contribution in [3.63, 3.8) is 0 Å². The van der Waals surface area contributed by atoms with E-state index < -0.39 is 10.0 Å². The van der Waals surface area contributed by atoms with Crippen molar-refractivity contribution in [3.05, 3.63) is 40.7 Å². The van der Waals surface area contributed by atoms with Crippen LogP contribution in [0, 0.1) is 0 Å². The third kappa shape index (κ3) is 3.08. The van der Waals surface area contributed by atoms with E-state index in [4.69, 9.17) is 0 Å². The van der Waals surface area contributed by atoms with Crippen LogP contribution >= 0.6 is 22.7 Å². The molecule has 0 saturated carbocycles. The van der Waals surface area contributed by atoms with Crippen LogP contribution in [0.4, 0.5) is 5.69 Å². The summed E-state index contributed by atoms with van der Waals surface area (Å²) in [6.07, 6.45) is 0. The van der Waals surface area contributed by atoms with E-state index in [0.29, 0.717) is 16.4 Å². The first-order valence-electron chi connectivity index (χ1n) is 6.16. The summed E-state index contributed by atoms with van der Waals surface area (Å²) < 4.78 is 28.6. The fourth-order valence-corrected chi connectivity index (χ4v) is 4.89. The van der Waals surface area contributed by atoms with Gasteiger partial charge in [-0.2, -0.15) is 0 Å². The molecule has 8 heteroatoms. The number of hydrogen-bond donors (Lipinski definition) is 2. The second-order valence-electron chi connectivity index (χ2n) is 4.44. The summed E-state index contributed by atoms with van der Waals surface area (Å²) >= 11 is 2.70. The number of fused-ring (bicyclic) bond motifs is 1. The van der Waals surface area contributed by atoms with Crippen molar-refractivity contribution in [1.29, 1.82) is 0 Å². The molecule has 3 aromatic rings. The molecule has 0 unspecified atom stereocenters. The lowest BCUT2D eigenvalue weighted by atomic mass is 10.3. The van der Waals surface area contributed by atoms with E-state index in [1.54, 1.807) is 23.7 Å². The van der Waals surface area contributed by atoms with Gasteiger partial charge >= 0.3 is 0 Å². The molecule has 3 rings (SSSR count). The molecular weight excluding hydrogens is 326 g/mol. The highest BCUT2D eigenvalue weighted by Gasteiger charge is 2.17. The lowest BCUT2D eigenvalue weighted by Gasteiger charge is -2.05. The Balaban J connectivity index is 1.87. The maximum absolute atomic E-state index is 12.4. The average molecular weight is 339 g/mol. The number of benzene rings is 1. The molecule has 5 nitrogen and oxygen atoms in total. The van der Waals surface area contributed by atoms with Crippen LogP contribution in [0.3, 0.4) is 0 Å². The van der Waals surface area contributed by atoms with Crippen LogP contribution < -0.4 is 10.0 Å². The van der Waals surface area contributed by atoms with Gasteiger partial charge in [0, 0.05) is 6.54 Å². The Morgan fingerprint density at radius 3 is 2.90 bits per heavy atom. The molecular formula is C13H13N3O2S3. The van der Waals surface area contributed by atoms with Crippen molar-refractivity contribution < 1.29 is 8.42 Å². The van der Waals surface area contributed by atoms with Crippen LogP contribution in [0.1, 0.15) is 5.56 Å². The molecule has 110 valence electrons. The van der Waals surface area contributed by atoms with Crippen molar-refractivity contribution >= 4 is 48.6 Å². The Bertz CT molecular complexity index is 868. The lowest BCUT2D eigenvalue weighted by molar-refractivity contribution is 0.603. The molecule has 0 amide bonds. The van der Waals surface area contributed by atoms with E-state index in [-0.39, 0.29) is 0 Å². The fraction of sp³-hybridized carbons (Fsp3) is 0.154. The van der Waals surface area contributed by atoms with Gasteiger partial charge in [0.1, 0.15) is 4.21 Å². The van der Waals surface area contributed by atoms with Gasteiger partial charge in [-0.25, -0.2) is 13.4 Å². The fourth-order valence-electron chi connectivity index (χ4n) is 1.91. The van der Waals surface area contributed by atoms with E-state index >= 15 is 0 Å². The highest BCUT2D eigenvalue weighted by molar-refractivity contribution is 7.94. The van der Waals surface area contributed by atoms with Crippen molar-refractivity contribution in [2.75, 3.05) is 11.8 Å². The van der Waals surface area contributed by atoms with E-state index in [1.807, 2.05) is 18.5 Å². The number of thiazole rings is 1. The smallest absolute Gasteiger partial charge is 0.271 e. The topological polar surface area (TPSA) is 71.1 Å². The lowest BCUT2D eigenvalue weighted by Crippen LogP contribution is -2.11. The molecule has 2 heterocycles. The summed E-state index contributed by atoms with van der Waals surface area (Å²) in [4.78, 5) is 4.17. The second kappa shape index (κ2) is 5.72. The average Bonchev–Trinajstić information content (AvgIpc) is 3.07. The van der Waals surface area contributed by atoms with Gasteiger partial charge in [0.2, 0.25) is 0 Å². The molecule has 0 spiro atoms. The summed E-state index contributed by atoms with van der Waals surface area (Å²) in [5.74, 6) is 0. The Morgan fingerprint density at radius 2 is 2.10 bits per heavy atom. The summed E-state index contributed by atoms with van der Waals surface area (Å²) in [7, 11) is -1.71. The third-order valence-electron chi connectivity index (χ3n) is 2.86. The van der Waals surface area contributed by atoms with Gasteiger partial charge in [0.05, 0.1) is 21.4 Å². The SMILES string of the molecule is CNCc1csc(S(=O)(=O)Nc2ccc3ncsc3c2)c1. The zero-order chi connectivity index (χ0) is 14.9. The number of sulfonamides is 1. The number of nitrogens with zero attached hydrogens (tertiary/aromatic N) is 1. The molecule has 21 heavy (non-hydrogen) atoms. The van der Waals surface area contributed by atoms with Crippen molar-refractivity contribution in [3.8, 4) is 0 Å². The number of hydrogen-bond acceptors (Lipinski definition) is 6. The molecule has 0 aliphatic carbocycles. The summed E-state index contributed by atoms with van der Waals surface area (Å²) in [6.45, 7) is 0.652. The summed E-state index contributed by atoms with van der Waals surface area (Å²) in [5.41, 5.74) is 4.12. The van der Waals surface area contributed by atoms with Crippen molar-refractivity contribution in [2.24, 2.45) is 0 Å². The molecule has 0 fully saturated rings. The quantitative estimate of drug-likeness (QED) is 0.750. The summed E-state index contributed by atoms with van der Waals surface area (Å²) in [6, 6.07) is 7.02. The van der Waals surface area contributed by atoms with E-state index in [9.17, 15) is 8.42 Å². The van der Waals surface area contributed by atoms with Gasteiger partial charge in [-0.1, -0.05) is 0 Å². The highest BCUT2D eigenvalue weighted by Crippen LogP contribution is 2.26. The Hall–Kier alpha value is -1.48. The van der Waals surface area contributed by atoms with E-state index in [2.05, 4.69) is 15.0 Å². The van der Waals surface area contributed by atoms with Gasteiger partial charge in [0.15, 0.2) is 0 Å². The van der Waals surface area contributed by atoms with Gasteiger partial charge in [-0.05, 0) is 42.3 Å². The van der Waals surface area contributed by atoms with E-state index in [0.717, 1.165) is 15.8 Å². The minimum atomic E-state index is -3.54. The number of rotatable bonds is 5. The number of anilines is 1. The zero-order valence-corrected chi connectivity index (χ0v) is 13.6. The molecule has 0 aliphatic heterocycles. The molecule has 0 radical (unpaired) electrons. The Morgan fingerprint density at radius 1 is 1.24 bits per heavy atom. The van der Waals surface area contributed by atoms with E-state index in [1.165, 1.54) is 22.7 Å². The van der Waals surface area contributed by atoms with Crippen molar-refractivity contribution in [1.82, 2.24) is 10.3 Å². The van der Waals surface area contributed by atoms with Crippen LogP contribution in [-0.4, -0.2) is 20.4 Å². The van der Waals surface area contributed by atoms with Gasteiger partial charge in [-0.15, -0.1) is 22.7 Å². The highest BCUT2D eigenvalue weighted by atomic mass is 32.2. The first-order chi connectivity index (χ1) is 10.1. The van der Waals surface area contributed by atoms with Crippen LogP contribution in [0.25, 0.3) is 10.2 Å². The van der Waals surface area contributed by atoms with Gasteiger partial charge in [-0.3, -0.25) is 4.72 Å². The zero-order valence-electron chi connectivity index (χ0n) is 11.2. The predicted octanol–water partition coefficient (Wildman–Crippen LogP) is 2.88. The standard InChI is InChI=1S/C13H13N3O2S3/c1-14-6-9-4-13(19-7-9)21(17,18)16-10-2-3-11-12(5-10)20-8-15-11/h2-5,7-8,14,16H,6H2,1H3. The largest absolute Gasteiger partial charge is 0.316 e. The first kappa shape index (κ1) is 14.5. The molecule has 2 N–H and O–H groups in total. The van der Waals surface area contributed by atoms with Gasteiger partial charge < -0.3 is 5.32 Å². The Labute approximate surface area is 130 Å². The molecule has 2 aromatic heterocycles. The second-order valence-corrected chi connectivity index (χ2v) is 8.15. The molecule has 0 aliphatic rings. The predicted molar refractivity (Wildman–Crippen MR) is 87.5 cm³/mol. The molecule has 0 saturated heterocycles. The van der Waals surface area contributed by atoms with Crippen LogP contribution in [-0.2, 0) is 16.6 Å². The molecule has 0 bridgehead atoms. The maximum Gasteiger partial charge on any atom is 0.271 e. The normalized spacial score (nSPS) is 11.9. The number of aromatic nitrogens is 1. The van der Waals surface area contributed by atoms with Crippen molar-refractivity contribution in [2.45, 2.75) is 10.8 Å². The maximum atomic E-state index is 12.4. The first-order valence-corrected chi connectivity index (χ1v) is 9.41. The van der Waals surface area contributed by atoms with Crippen LogP contribution in [0.5, 0.6) is 0 Å². The molecule has 1 aromatic carbocycles. The summed E-state index contributed by atoms with van der Waals surface area (Å²) in [5, 5.41) is 4.85.